The van der Waals surface area contributed by atoms with Crippen LogP contribution in [0.1, 0.15) is 29.7 Å². The Morgan fingerprint density at radius 1 is 1.05 bits per heavy atom. The topological polar surface area (TPSA) is 92.0 Å². The van der Waals surface area contributed by atoms with Crippen LogP contribution in [0.3, 0.4) is 0 Å². The van der Waals surface area contributed by atoms with E-state index in [1.807, 2.05) is 48.5 Å². The highest BCUT2D eigenvalue weighted by molar-refractivity contribution is 7.07. The Labute approximate surface area is 222 Å². The highest BCUT2D eigenvalue weighted by atomic mass is 32.1. The zero-order chi connectivity index (χ0) is 26.6. The summed E-state index contributed by atoms with van der Waals surface area (Å²) in [5.74, 6) is 0.463. The van der Waals surface area contributed by atoms with Crippen molar-refractivity contribution in [3.05, 3.63) is 115 Å². The fourth-order valence-electron chi connectivity index (χ4n) is 4.39. The Bertz CT molecular complexity index is 1690. The van der Waals surface area contributed by atoms with Gasteiger partial charge in [-0.2, -0.15) is 0 Å². The van der Waals surface area contributed by atoms with Crippen molar-refractivity contribution in [2.45, 2.75) is 13.0 Å². The average Bonchev–Trinajstić information content (AvgIpc) is 3.27. The van der Waals surface area contributed by atoms with Gasteiger partial charge in [0.1, 0.15) is 0 Å². The Morgan fingerprint density at radius 2 is 1.84 bits per heavy atom. The molecule has 2 aromatic heterocycles. The van der Waals surface area contributed by atoms with E-state index in [4.69, 9.17) is 19.2 Å². The van der Waals surface area contributed by atoms with Gasteiger partial charge in [-0.25, -0.2) is 9.79 Å². The quantitative estimate of drug-likeness (QED) is 0.343. The van der Waals surface area contributed by atoms with Gasteiger partial charge in [-0.3, -0.25) is 14.3 Å². The summed E-state index contributed by atoms with van der Waals surface area (Å²) in [4.78, 5) is 36.9. The predicted octanol–water partition coefficient (Wildman–Crippen LogP) is 3.35. The third-order valence-electron chi connectivity index (χ3n) is 6.08. The van der Waals surface area contributed by atoms with Gasteiger partial charge in [-0.15, -0.1) is 0 Å². The molecule has 1 aliphatic heterocycles. The maximum atomic E-state index is 13.9. The molecule has 0 amide bonds. The number of pyridine rings is 1. The van der Waals surface area contributed by atoms with Gasteiger partial charge in [0.25, 0.3) is 5.56 Å². The van der Waals surface area contributed by atoms with Crippen LogP contribution in [-0.2, 0) is 9.53 Å². The number of hydrogen-bond donors (Lipinski definition) is 0. The van der Waals surface area contributed by atoms with Gasteiger partial charge >= 0.3 is 5.97 Å². The predicted molar refractivity (Wildman–Crippen MR) is 145 cm³/mol. The summed E-state index contributed by atoms with van der Waals surface area (Å²) in [6.45, 7) is 1.92. The van der Waals surface area contributed by atoms with E-state index in [0.29, 0.717) is 32.1 Å². The molecule has 0 N–H and O–H groups in total. The second-order valence-electron chi connectivity index (χ2n) is 8.33. The largest absolute Gasteiger partial charge is 0.493 e. The molecule has 1 atom stereocenters. The van der Waals surface area contributed by atoms with Gasteiger partial charge < -0.3 is 14.2 Å². The summed E-state index contributed by atoms with van der Waals surface area (Å²) >= 11 is 1.26. The number of hydrogen-bond acceptors (Lipinski definition) is 8. The summed E-state index contributed by atoms with van der Waals surface area (Å²) in [5, 5.41) is 0. The maximum Gasteiger partial charge on any atom is 0.338 e. The van der Waals surface area contributed by atoms with Crippen LogP contribution >= 0.6 is 11.3 Å². The molecule has 0 saturated heterocycles. The molecule has 0 radical (unpaired) electrons. The number of carbonyl (C=O) groups excluding carboxylic acids is 1. The number of aromatic nitrogens is 2. The molecule has 3 heterocycles. The smallest absolute Gasteiger partial charge is 0.338 e. The second kappa shape index (κ2) is 10.9. The number of nitrogens with zero attached hydrogens (tertiary/aromatic N) is 3. The summed E-state index contributed by atoms with van der Waals surface area (Å²) in [6, 6.07) is 17.6. The average molecular weight is 528 g/mol. The molecule has 0 bridgehead atoms. The lowest BCUT2D eigenvalue weighted by Gasteiger charge is -2.26. The standard InChI is InChI=1S/C29H25N3O5S/c1-4-37-28(34)24-25(19-10-6-5-7-11-19)31-29-32(26(24)20-12-13-21(35-2)22(16-20)36-3)27(33)23(38-29)15-18-9-8-14-30-17-18/h5-17,26H,4H2,1-3H3/b23-15-/t26-/m0/s1. The Balaban J connectivity index is 1.85. The molecule has 38 heavy (non-hydrogen) atoms. The first-order chi connectivity index (χ1) is 18.5. The second-order valence-corrected chi connectivity index (χ2v) is 9.34. The van der Waals surface area contributed by atoms with Gasteiger partial charge in [0.05, 0.1) is 42.7 Å². The Kier molecular flexibility index (Phi) is 7.19. The fourth-order valence-corrected chi connectivity index (χ4v) is 5.39. The molecule has 4 aromatic rings. The number of ether oxygens (including phenoxy) is 3. The van der Waals surface area contributed by atoms with E-state index in [0.717, 1.165) is 11.1 Å². The van der Waals surface area contributed by atoms with Crippen LogP contribution in [0.4, 0.5) is 0 Å². The van der Waals surface area contributed by atoms with E-state index in [9.17, 15) is 9.59 Å². The number of rotatable bonds is 7. The summed E-state index contributed by atoms with van der Waals surface area (Å²) in [5.41, 5.74) is 2.64. The van der Waals surface area contributed by atoms with Crippen molar-refractivity contribution >= 4 is 29.1 Å². The molecule has 1 aliphatic rings. The van der Waals surface area contributed by atoms with Crippen LogP contribution in [0.2, 0.25) is 0 Å². The molecule has 5 rings (SSSR count). The van der Waals surface area contributed by atoms with Crippen molar-refractivity contribution in [2.75, 3.05) is 20.8 Å². The van der Waals surface area contributed by atoms with Crippen LogP contribution in [0.5, 0.6) is 11.5 Å². The number of methoxy groups -OCH3 is 2. The lowest BCUT2D eigenvalue weighted by Crippen LogP contribution is -2.40. The van der Waals surface area contributed by atoms with E-state index in [2.05, 4.69) is 4.98 Å². The lowest BCUT2D eigenvalue weighted by atomic mass is 9.93. The van der Waals surface area contributed by atoms with Crippen molar-refractivity contribution in [3.63, 3.8) is 0 Å². The minimum Gasteiger partial charge on any atom is -0.493 e. The van der Waals surface area contributed by atoms with Crippen molar-refractivity contribution in [1.82, 2.24) is 9.55 Å². The number of thiazole rings is 1. The number of benzene rings is 2. The molecular formula is C29H25N3O5S. The maximum absolute atomic E-state index is 13.9. The van der Waals surface area contributed by atoms with Crippen LogP contribution in [0.25, 0.3) is 11.8 Å². The van der Waals surface area contributed by atoms with E-state index in [1.165, 1.54) is 11.3 Å². The lowest BCUT2D eigenvalue weighted by molar-refractivity contribution is -0.138. The summed E-state index contributed by atoms with van der Waals surface area (Å²) in [6.07, 6.45) is 5.13. The summed E-state index contributed by atoms with van der Waals surface area (Å²) < 4.78 is 18.5. The SMILES string of the molecule is CCOC(=O)C1=C(c2ccccc2)N=c2s/c(=C\c3cccnc3)c(=O)n2[C@H]1c1ccc(OC)c(OC)c1. The highest BCUT2D eigenvalue weighted by Gasteiger charge is 2.35. The fraction of sp³-hybridized carbons (Fsp3) is 0.172. The molecule has 2 aromatic carbocycles. The van der Waals surface area contributed by atoms with Gasteiger partial charge in [0.15, 0.2) is 16.3 Å². The van der Waals surface area contributed by atoms with E-state index < -0.39 is 12.0 Å². The first-order valence-electron chi connectivity index (χ1n) is 12.0. The number of fused-ring (bicyclic) bond motifs is 1. The Morgan fingerprint density at radius 3 is 2.53 bits per heavy atom. The van der Waals surface area contributed by atoms with Gasteiger partial charge in [-0.1, -0.05) is 53.8 Å². The van der Waals surface area contributed by atoms with Gasteiger partial charge in [-0.05, 0) is 42.3 Å². The summed E-state index contributed by atoms with van der Waals surface area (Å²) in [7, 11) is 3.09. The van der Waals surface area contributed by atoms with E-state index >= 15 is 0 Å². The molecule has 9 heteroatoms. The molecule has 8 nitrogen and oxygen atoms in total. The van der Waals surface area contributed by atoms with E-state index in [1.54, 1.807) is 56.3 Å². The third-order valence-corrected chi connectivity index (χ3v) is 7.06. The van der Waals surface area contributed by atoms with Crippen LogP contribution in [-0.4, -0.2) is 36.3 Å². The molecule has 0 unspecified atom stereocenters. The normalized spacial score (nSPS) is 15.0. The zero-order valence-electron chi connectivity index (χ0n) is 21.1. The minimum absolute atomic E-state index is 0.175. The molecular weight excluding hydrogens is 502 g/mol. The van der Waals surface area contributed by atoms with E-state index in [-0.39, 0.29) is 17.7 Å². The third kappa shape index (κ3) is 4.64. The highest BCUT2D eigenvalue weighted by Crippen LogP contribution is 2.38. The van der Waals surface area contributed by atoms with Crippen molar-refractivity contribution < 1.29 is 19.0 Å². The molecule has 192 valence electrons. The molecule has 0 fully saturated rings. The van der Waals surface area contributed by atoms with Crippen molar-refractivity contribution in [1.29, 1.82) is 0 Å². The van der Waals surface area contributed by atoms with Crippen LogP contribution < -0.4 is 24.4 Å². The van der Waals surface area contributed by atoms with Gasteiger partial charge in [0, 0.05) is 18.0 Å². The van der Waals surface area contributed by atoms with Crippen molar-refractivity contribution in [2.24, 2.45) is 4.99 Å². The molecule has 0 saturated carbocycles. The van der Waals surface area contributed by atoms with Crippen molar-refractivity contribution in [3.8, 4) is 11.5 Å². The van der Waals surface area contributed by atoms with Gasteiger partial charge in [0.2, 0.25) is 0 Å². The first kappa shape index (κ1) is 25.2. The Hall–Kier alpha value is -4.50. The molecule has 0 spiro atoms. The number of esters is 1. The minimum atomic E-state index is -0.809. The monoisotopic (exact) mass is 527 g/mol. The number of carbonyl (C=O) groups is 1. The zero-order valence-corrected chi connectivity index (χ0v) is 21.9. The van der Waals surface area contributed by atoms with Crippen LogP contribution in [0, 0.1) is 0 Å². The molecule has 0 aliphatic carbocycles. The van der Waals surface area contributed by atoms with Crippen LogP contribution in [0.15, 0.2) is 88.4 Å². The first-order valence-corrected chi connectivity index (χ1v) is 12.8.